The van der Waals surface area contributed by atoms with Gasteiger partial charge in [0.2, 0.25) is 11.8 Å². The van der Waals surface area contributed by atoms with Gasteiger partial charge in [0.1, 0.15) is 0 Å². The smallest absolute Gasteiger partial charge is 0.305 e. The van der Waals surface area contributed by atoms with Crippen molar-refractivity contribution in [3.63, 3.8) is 0 Å². The number of hydrogen-bond acceptors (Lipinski definition) is 4. The van der Waals surface area contributed by atoms with E-state index in [-0.39, 0.29) is 18.2 Å². The third kappa shape index (κ3) is 3.99. The number of carbonyl (C=O) groups excluding carboxylic acids is 2. The van der Waals surface area contributed by atoms with Crippen LogP contribution in [-0.2, 0) is 14.4 Å². The zero-order valence-electron chi connectivity index (χ0n) is 10.5. The van der Waals surface area contributed by atoms with Crippen LogP contribution in [0, 0.1) is 0 Å². The van der Waals surface area contributed by atoms with Crippen molar-refractivity contribution >= 4 is 17.8 Å². The van der Waals surface area contributed by atoms with Gasteiger partial charge in [0, 0.05) is 33.1 Å². The maximum absolute atomic E-state index is 11.9. The largest absolute Gasteiger partial charge is 0.481 e. The minimum Gasteiger partial charge on any atom is -0.481 e. The number of aliphatic carboxylic acids is 1. The number of nitrogens with zero attached hydrogens (tertiary/aromatic N) is 2. The van der Waals surface area contributed by atoms with E-state index in [1.165, 1.54) is 11.8 Å². The van der Waals surface area contributed by atoms with Crippen LogP contribution in [-0.4, -0.2) is 64.9 Å². The standard InChI is InChI=1S/C11H19N3O4/c1-8(15)13-3-2-4-14(6-5-13)11(18)9(12)7-10(16)17/h9H,2-7,12H2,1H3,(H,16,17). The fourth-order valence-corrected chi connectivity index (χ4v) is 1.96. The Morgan fingerprint density at radius 1 is 1.17 bits per heavy atom. The van der Waals surface area contributed by atoms with E-state index in [4.69, 9.17) is 10.8 Å². The predicted octanol–water partition coefficient (Wildman–Crippen LogP) is -1.13. The van der Waals surface area contributed by atoms with Gasteiger partial charge in [0.05, 0.1) is 12.5 Å². The molecule has 0 bridgehead atoms. The first-order valence-corrected chi connectivity index (χ1v) is 5.93. The highest BCUT2D eigenvalue weighted by Gasteiger charge is 2.25. The van der Waals surface area contributed by atoms with Crippen LogP contribution in [0.5, 0.6) is 0 Å². The molecule has 102 valence electrons. The first-order valence-electron chi connectivity index (χ1n) is 5.93. The molecule has 0 aromatic rings. The van der Waals surface area contributed by atoms with Crippen molar-refractivity contribution in [2.45, 2.75) is 25.8 Å². The number of carboxylic acids is 1. The maximum Gasteiger partial charge on any atom is 0.305 e. The predicted molar refractivity (Wildman–Crippen MR) is 63.7 cm³/mol. The molecule has 3 N–H and O–H groups in total. The van der Waals surface area contributed by atoms with Crippen molar-refractivity contribution < 1.29 is 19.5 Å². The lowest BCUT2D eigenvalue weighted by Gasteiger charge is -2.23. The number of hydrogen-bond donors (Lipinski definition) is 2. The molecular weight excluding hydrogens is 238 g/mol. The van der Waals surface area contributed by atoms with Crippen LogP contribution in [0.3, 0.4) is 0 Å². The third-order valence-corrected chi connectivity index (χ3v) is 2.96. The Bertz CT molecular complexity index is 345. The van der Waals surface area contributed by atoms with Gasteiger partial charge in [0.15, 0.2) is 0 Å². The van der Waals surface area contributed by atoms with Crippen molar-refractivity contribution in [2.75, 3.05) is 26.2 Å². The van der Waals surface area contributed by atoms with Crippen LogP contribution in [0.2, 0.25) is 0 Å². The molecule has 1 saturated heterocycles. The maximum atomic E-state index is 11.9. The lowest BCUT2D eigenvalue weighted by atomic mass is 10.2. The second kappa shape index (κ2) is 6.34. The molecule has 7 heteroatoms. The van der Waals surface area contributed by atoms with E-state index in [9.17, 15) is 14.4 Å². The highest BCUT2D eigenvalue weighted by molar-refractivity contribution is 5.86. The van der Waals surface area contributed by atoms with Gasteiger partial charge in [0.25, 0.3) is 0 Å². The minimum atomic E-state index is -1.09. The molecule has 0 aromatic carbocycles. The van der Waals surface area contributed by atoms with Crippen molar-refractivity contribution in [1.29, 1.82) is 0 Å². The molecule has 1 rings (SSSR count). The molecule has 2 amide bonds. The normalized spacial score (nSPS) is 18.1. The van der Waals surface area contributed by atoms with Gasteiger partial charge in [-0.25, -0.2) is 0 Å². The molecule has 1 atom stereocenters. The van der Waals surface area contributed by atoms with Gasteiger partial charge in [-0.1, -0.05) is 0 Å². The quantitative estimate of drug-likeness (QED) is 0.665. The molecule has 1 fully saturated rings. The number of carbonyl (C=O) groups is 3. The first kappa shape index (κ1) is 14.4. The van der Waals surface area contributed by atoms with E-state index in [1.54, 1.807) is 4.90 Å². The van der Waals surface area contributed by atoms with Crippen LogP contribution >= 0.6 is 0 Å². The van der Waals surface area contributed by atoms with Gasteiger partial charge >= 0.3 is 5.97 Å². The number of rotatable bonds is 3. The molecule has 18 heavy (non-hydrogen) atoms. The zero-order valence-corrected chi connectivity index (χ0v) is 10.5. The van der Waals surface area contributed by atoms with Crippen LogP contribution in [0.1, 0.15) is 19.8 Å². The number of nitrogens with two attached hydrogens (primary N) is 1. The first-order chi connectivity index (χ1) is 8.41. The molecule has 7 nitrogen and oxygen atoms in total. The van der Waals surface area contributed by atoms with E-state index in [1.807, 2.05) is 0 Å². The second-order valence-electron chi connectivity index (χ2n) is 4.39. The Balaban J connectivity index is 2.54. The van der Waals surface area contributed by atoms with Crippen molar-refractivity contribution in [1.82, 2.24) is 9.80 Å². The number of amides is 2. The molecule has 0 aromatic heterocycles. The molecule has 1 unspecified atom stereocenters. The van der Waals surface area contributed by atoms with E-state index >= 15 is 0 Å². The Labute approximate surface area is 106 Å². The van der Waals surface area contributed by atoms with Crippen molar-refractivity contribution in [3.8, 4) is 0 Å². The lowest BCUT2D eigenvalue weighted by Crippen LogP contribution is -2.46. The summed E-state index contributed by atoms with van der Waals surface area (Å²) >= 11 is 0. The van der Waals surface area contributed by atoms with E-state index < -0.39 is 12.0 Å². The van der Waals surface area contributed by atoms with Crippen LogP contribution in [0.25, 0.3) is 0 Å². The summed E-state index contributed by atoms with van der Waals surface area (Å²) in [6, 6.07) is -1.01. The van der Waals surface area contributed by atoms with E-state index in [2.05, 4.69) is 0 Å². The van der Waals surface area contributed by atoms with Gasteiger partial charge in [-0.3, -0.25) is 14.4 Å². The summed E-state index contributed by atoms with van der Waals surface area (Å²) in [4.78, 5) is 36.8. The summed E-state index contributed by atoms with van der Waals surface area (Å²) < 4.78 is 0. The third-order valence-electron chi connectivity index (χ3n) is 2.96. The zero-order chi connectivity index (χ0) is 13.7. The molecule has 0 aliphatic carbocycles. The summed E-state index contributed by atoms with van der Waals surface area (Å²) in [5, 5.41) is 8.60. The average molecular weight is 257 g/mol. The summed E-state index contributed by atoms with van der Waals surface area (Å²) in [6.07, 6.45) is 0.316. The molecule has 0 spiro atoms. The van der Waals surface area contributed by atoms with Crippen molar-refractivity contribution in [2.24, 2.45) is 5.73 Å². The summed E-state index contributed by atoms with van der Waals surface area (Å²) in [5.74, 6) is -1.46. The lowest BCUT2D eigenvalue weighted by molar-refractivity contribution is -0.142. The Morgan fingerprint density at radius 3 is 2.28 bits per heavy atom. The van der Waals surface area contributed by atoms with Crippen LogP contribution in [0.15, 0.2) is 0 Å². The van der Waals surface area contributed by atoms with Gasteiger partial charge in [-0.15, -0.1) is 0 Å². The van der Waals surface area contributed by atoms with E-state index in [0.29, 0.717) is 32.6 Å². The molecule has 1 aliphatic rings. The highest BCUT2D eigenvalue weighted by Crippen LogP contribution is 2.06. The summed E-state index contributed by atoms with van der Waals surface area (Å²) in [7, 11) is 0. The van der Waals surface area contributed by atoms with Crippen molar-refractivity contribution in [3.05, 3.63) is 0 Å². The van der Waals surface area contributed by atoms with Crippen LogP contribution in [0.4, 0.5) is 0 Å². The molecule has 0 radical (unpaired) electrons. The molecule has 1 aliphatic heterocycles. The molecule has 1 heterocycles. The Morgan fingerprint density at radius 2 is 1.72 bits per heavy atom. The topological polar surface area (TPSA) is 104 Å². The monoisotopic (exact) mass is 257 g/mol. The molecular formula is C11H19N3O4. The Kier molecular flexibility index (Phi) is 5.08. The summed E-state index contributed by atoms with van der Waals surface area (Å²) in [6.45, 7) is 3.50. The van der Waals surface area contributed by atoms with Gasteiger partial charge in [-0.05, 0) is 6.42 Å². The highest BCUT2D eigenvalue weighted by atomic mass is 16.4. The number of carboxylic acid groups (broad SMARTS) is 1. The summed E-state index contributed by atoms with van der Waals surface area (Å²) in [5.41, 5.74) is 5.54. The SMILES string of the molecule is CC(=O)N1CCCN(C(=O)C(N)CC(=O)O)CC1. The minimum absolute atomic E-state index is 0.0147. The van der Waals surface area contributed by atoms with Crippen LogP contribution < -0.4 is 5.73 Å². The second-order valence-corrected chi connectivity index (χ2v) is 4.39. The average Bonchev–Trinajstić information content (AvgIpc) is 2.52. The van der Waals surface area contributed by atoms with Gasteiger partial charge in [-0.2, -0.15) is 0 Å². The molecule has 0 saturated carbocycles. The fraction of sp³-hybridized carbons (Fsp3) is 0.727. The van der Waals surface area contributed by atoms with Gasteiger partial charge < -0.3 is 20.6 Å². The fourth-order valence-electron chi connectivity index (χ4n) is 1.96. The van der Waals surface area contributed by atoms with E-state index in [0.717, 1.165) is 0 Å². The Hall–Kier alpha value is -1.63.